The smallest absolute Gasteiger partial charge is 0.269 e. The molecule has 0 unspecified atom stereocenters. The van der Waals surface area contributed by atoms with Crippen molar-refractivity contribution in [3.8, 4) is 11.1 Å². The molecule has 0 aliphatic heterocycles. The highest BCUT2D eigenvalue weighted by Crippen LogP contribution is 2.29. The second kappa shape index (κ2) is 5.70. The van der Waals surface area contributed by atoms with Gasteiger partial charge in [-0.3, -0.25) is 19.7 Å². The molecule has 21 heavy (non-hydrogen) atoms. The van der Waals surface area contributed by atoms with E-state index in [0.717, 1.165) is 0 Å². The number of nitro benzene ring substituents is 1. The van der Waals surface area contributed by atoms with Crippen LogP contribution < -0.4 is 0 Å². The van der Waals surface area contributed by atoms with Crippen molar-refractivity contribution in [2.45, 2.75) is 20.3 Å². The molecule has 0 radical (unpaired) electrons. The molecule has 0 spiro atoms. The Labute approximate surface area is 120 Å². The predicted molar refractivity (Wildman–Crippen MR) is 77.5 cm³/mol. The third kappa shape index (κ3) is 2.74. The summed E-state index contributed by atoms with van der Waals surface area (Å²) in [5, 5.41) is 10.7. The van der Waals surface area contributed by atoms with E-state index in [9.17, 15) is 19.7 Å². The van der Waals surface area contributed by atoms with E-state index < -0.39 is 4.92 Å². The van der Waals surface area contributed by atoms with Crippen LogP contribution >= 0.6 is 0 Å². The van der Waals surface area contributed by atoms with Crippen molar-refractivity contribution in [2.24, 2.45) is 0 Å². The lowest BCUT2D eigenvalue weighted by molar-refractivity contribution is -0.384. The summed E-state index contributed by atoms with van der Waals surface area (Å²) in [7, 11) is 0. The summed E-state index contributed by atoms with van der Waals surface area (Å²) in [5.41, 5.74) is 1.83. The molecule has 6 nitrogen and oxygen atoms in total. The van der Waals surface area contributed by atoms with Gasteiger partial charge in [-0.05, 0) is 17.7 Å². The molecule has 6 heteroatoms. The van der Waals surface area contributed by atoms with Gasteiger partial charge in [-0.15, -0.1) is 0 Å². The number of nitro groups is 1. The van der Waals surface area contributed by atoms with E-state index in [1.807, 2.05) is 0 Å². The maximum atomic E-state index is 12.1. The number of aromatic nitrogens is 1. The number of nitrogens with zero attached hydrogens (tertiary/aromatic N) is 1. The van der Waals surface area contributed by atoms with E-state index in [0.29, 0.717) is 16.7 Å². The predicted octanol–water partition coefficient (Wildman–Crippen LogP) is 3.39. The number of non-ortho nitro benzene ring substituents is 1. The Morgan fingerprint density at radius 2 is 1.86 bits per heavy atom. The van der Waals surface area contributed by atoms with Crippen LogP contribution in [0.15, 0.2) is 30.5 Å². The monoisotopic (exact) mass is 286 g/mol. The second-order valence-corrected chi connectivity index (χ2v) is 4.59. The lowest BCUT2D eigenvalue weighted by atomic mass is 9.97. The van der Waals surface area contributed by atoms with Crippen LogP contribution in [-0.4, -0.2) is 21.5 Å². The Hall–Kier alpha value is -2.76. The number of carbonyl (C=O) groups is 2. The molecule has 0 aliphatic carbocycles. The van der Waals surface area contributed by atoms with Crippen LogP contribution in [0, 0.1) is 10.1 Å². The highest BCUT2D eigenvalue weighted by atomic mass is 16.6. The van der Waals surface area contributed by atoms with Crippen molar-refractivity contribution < 1.29 is 14.5 Å². The molecule has 108 valence electrons. The van der Waals surface area contributed by atoms with E-state index in [2.05, 4.69) is 4.98 Å². The second-order valence-electron chi connectivity index (χ2n) is 4.59. The fourth-order valence-electron chi connectivity index (χ4n) is 2.16. The molecule has 0 aliphatic rings. The van der Waals surface area contributed by atoms with Gasteiger partial charge in [-0.2, -0.15) is 0 Å². The summed E-state index contributed by atoms with van der Waals surface area (Å²) in [4.78, 5) is 36.7. The van der Waals surface area contributed by atoms with Gasteiger partial charge in [0.05, 0.1) is 16.2 Å². The van der Waals surface area contributed by atoms with Crippen LogP contribution in [0.1, 0.15) is 41.1 Å². The van der Waals surface area contributed by atoms with Crippen LogP contribution in [0.2, 0.25) is 0 Å². The first kappa shape index (κ1) is 14.6. The SMILES string of the molecule is CCC(=O)c1c(-c2ccc([N+](=O)[O-])cc2)c[nH]c1C(C)=O. The molecule has 1 N–H and O–H groups in total. The zero-order chi connectivity index (χ0) is 15.6. The molecule has 0 fully saturated rings. The number of nitrogens with one attached hydrogen (secondary N) is 1. The van der Waals surface area contributed by atoms with Crippen molar-refractivity contribution in [3.63, 3.8) is 0 Å². The number of carbonyl (C=O) groups excluding carboxylic acids is 2. The molecule has 0 bridgehead atoms. The van der Waals surface area contributed by atoms with Crippen LogP contribution in [0.25, 0.3) is 11.1 Å². The summed E-state index contributed by atoms with van der Waals surface area (Å²) in [5.74, 6) is -0.366. The van der Waals surface area contributed by atoms with Gasteiger partial charge in [0.25, 0.3) is 5.69 Å². The standard InChI is InChI=1S/C15H14N2O4/c1-3-13(19)14-12(8-16-15(14)9(2)18)10-4-6-11(7-5-10)17(20)21/h4-8,16H,3H2,1-2H3. The molecule has 0 saturated carbocycles. The van der Waals surface area contributed by atoms with Crippen LogP contribution in [-0.2, 0) is 0 Å². The van der Waals surface area contributed by atoms with Gasteiger partial charge >= 0.3 is 0 Å². The Morgan fingerprint density at radius 3 is 2.33 bits per heavy atom. The number of rotatable bonds is 5. The normalized spacial score (nSPS) is 10.4. The summed E-state index contributed by atoms with van der Waals surface area (Å²) >= 11 is 0. The lowest BCUT2D eigenvalue weighted by Crippen LogP contribution is -2.05. The van der Waals surface area contributed by atoms with Gasteiger partial charge < -0.3 is 4.98 Å². The van der Waals surface area contributed by atoms with E-state index in [4.69, 9.17) is 0 Å². The first-order valence-electron chi connectivity index (χ1n) is 6.46. The summed E-state index contributed by atoms with van der Waals surface area (Å²) in [6, 6.07) is 5.88. The van der Waals surface area contributed by atoms with E-state index in [1.54, 1.807) is 25.3 Å². The average molecular weight is 286 g/mol. The first-order chi connectivity index (χ1) is 9.95. The number of benzene rings is 1. The van der Waals surface area contributed by atoms with Crippen molar-refractivity contribution in [1.82, 2.24) is 4.98 Å². The van der Waals surface area contributed by atoms with Gasteiger partial charge in [0, 0.05) is 37.2 Å². The van der Waals surface area contributed by atoms with Crippen molar-refractivity contribution in [1.29, 1.82) is 0 Å². The van der Waals surface area contributed by atoms with Crippen molar-refractivity contribution in [3.05, 3.63) is 51.8 Å². The van der Waals surface area contributed by atoms with E-state index in [1.165, 1.54) is 19.1 Å². The third-order valence-corrected chi connectivity index (χ3v) is 3.22. The molecule has 2 aromatic rings. The quantitative estimate of drug-likeness (QED) is 0.518. The molecular weight excluding hydrogens is 272 g/mol. The minimum atomic E-state index is -0.486. The number of ketones is 2. The maximum absolute atomic E-state index is 12.1. The van der Waals surface area contributed by atoms with Gasteiger partial charge in [0.2, 0.25) is 0 Å². The van der Waals surface area contributed by atoms with Gasteiger partial charge in [-0.25, -0.2) is 0 Å². The summed E-state index contributed by atoms with van der Waals surface area (Å²) < 4.78 is 0. The van der Waals surface area contributed by atoms with Crippen LogP contribution in [0.4, 0.5) is 5.69 Å². The number of Topliss-reactive ketones (excluding diaryl/α,β-unsaturated/α-hetero) is 2. The number of aromatic amines is 1. The minimum absolute atomic E-state index is 0.0237. The summed E-state index contributed by atoms with van der Waals surface area (Å²) in [6.07, 6.45) is 1.86. The molecule has 1 heterocycles. The maximum Gasteiger partial charge on any atom is 0.269 e. The molecule has 0 amide bonds. The van der Waals surface area contributed by atoms with Gasteiger partial charge in [0.15, 0.2) is 11.6 Å². The van der Waals surface area contributed by atoms with Gasteiger partial charge in [0.1, 0.15) is 0 Å². The number of hydrogen-bond donors (Lipinski definition) is 1. The van der Waals surface area contributed by atoms with E-state index >= 15 is 0 Å². The first-order valence-corrected chi connectivity index (χ1v) is 6.46. The fraction of sp³-hybridized carbons (Fsp3) is 0.200. The molecule has 2 rings (SSSR count). The molecule has 1 aromatic heterocycles. The molecular formula is C15H14N2O4. The fourth-order valence-corrected chi connectivity index (χ4v) is 2.16. The Morgan fingerprint density at radius 1 is 1.24 bits per heavy atom. The lowest BCUT2D eigenvalue weighted by Gasteiger charge is -2.04. The van der Waals surface area contributed by atoms with Crippen molar-refractivity contribution in [2.75, 3.05) is 0 Å². The Bertz CT molecular complexity index is 714. The van der Waals surface area contributed by atoms with Crippen LogP contribution in [0.3, 0.4) is 0 Å². The highest BCUT2D eigenvalue weighted by Gasteiger charge is 2.21. The number of hydrogen-bond acceptors (Lipinski definition) is 4. The average Bonchev–Trinajstić information content (AvgIpc) is 2.91. The van der Waals surface area contributed by atoms with Crippen molar-refractivity contribution >= 4 is 17.3 Å². The largest absolute Gasteiger partial charge is 0.358 e. The zero-order valence-corrected chi connectivity index (χ0v) is 11.7. The number of H-pyrrole nitrogens is 1. The Balaban J connectivity index is 2.55. The molecule has 0 atom stereocenters. The van der Waals surface area contributed by atoms with Crippen LogP contribution in [0.5, 0.6) is 0 Å². The molecule has 1 aromatic carbocycles. The summed E-state index contributed by atoms with van der Waals surface area (Å²) in [6.45, 7) is 3.11. The minimum Gasteiger partial charge on any atom is -0.358 e. The third-order valence-electron chi connectivity index (χ3n) is 3.22. The molecule has 0 saturated heterocycles. The Kier molecular flexibility index (Phi) is 3.98. The highest BCUT2D eigenvalue weighted by molar-refractivity contribution is 6.11. The topological polar surface area (TPSA) is 93.1 Å². The zero-order valence-electron chi connectivity index (χ0n) is 11.7. The van der Waals surface area contributed by atoms with E-state index in [-0.39, 0.29) is 29.4 Å². The van der Waals surface area contributed by atoms with Gasteiger partial charge in [-0.1, -0.05) is 6.92 Å².